The summed E-state index contributed by atoms with van der Waals surface area (Å²) in [7, 11) is 2.89. The van der Waals surface area contributed by atoms with E-state index in [2.05, 4.69) is 9.72 Å². The number of carbonyl (C=O) groups is 1. The minimum Gasteiger partial charge on any atom is -0.497 e. The molecule has 0 bridgehead atoms. The molecule has 6 heteroatoms. The van der Waals surface area contributed by atoms with Crippen LogP contribution in [-0.2, 0) is 11.3 Å². The highest BCUT2D eigenvalue weighted by Crippen LogP contribution is 2.16. The third-order valence-electron chi connectivity index (χ3n) is 3.76. The van der Waals surface area contributed by atoms with Crippen LogP contribution in [0.5, 0.6) is 5.75 Å². The summed E-state index contributed by atoms with van der Waals surface area (Å²) in [6.07, 6.45) is 1.52. The van der Waals surface area contributed by atoms with Crippen LogP contribution in [-0.4, -0.2) is 29.7 Å². The van der Waals surface area contributed by atoms with E-state index < -0.39 is 5.97 Å². The first-order chi connectivity index (χ1) is 11.6. The Morgan fingerprint density at radius 1 is 1.12 bits per heavy atom. The Hall–Kier alpha value is -3.15. The van der Waals surface area contributed by atoms with Crippen LogP contribution in [0.2, 0.25) is 0 Å². The number of aromatic nitrogens is 2. The second kappa shape index (κ2) is 6.54. The average Bonchev–Trinajstić information content (AvgIpc) is 2.63. The molecule has 24 heavy (non-hydrogen) atoms. The maximum atomic E-state index is 12.6. The SMILES string of the molecule is COC(=O)c1ccc(Cn2cnc3ccc(OC)cc3c2=O)cc1. The van der Waals surface area contributed by atoms with Gasteiger partial charge in [0.2, 0.25) is 0 Å². The van der Waals surface area contributed by atoms with Crippen molar-refractivity contribution >= 4 is 16.9 Å². The zero-order valence-corrected chi connectivity index (χ0v) is 13.4. The van der Waals surface area contributed by atoms with E-state index in [1.54, 1.807) is 49.6 Å². The van der Waals surface area contributed by atoms with E-state index in [0.29, 0.717) is 28.8 Å². The molecule has 0 N–H and O–H groups in total. The highest BCUT2D eigenvalue weighted by Gasteiger charge is 2.08. The van der Waals surface area contributed by atoms with Gasteiger partial charge in [-0.25, -0.2) is 9.78 Å². The first-order valence-corrected chi connectivity index (χ1v) is 7.33. The molecule has 0 amide bonds. The van der Waals surface area contributed by atoms with E-state index in [1.807, 2.05) is 0 Å². The van der Waals surface area contributed by atoms with Gasteiger partial charge in [-0.1, -0.05) is 12.1 Å². The lowest BCUT2D eigenvalue weighted by atomic mass is 10.1. The molecule has 0 aliphatic rings. The van der Waals surface area contributed by atoms with Gasteiger partial charge in [0.05, 0.1) is 43.6 Å². The second-order valence-corrected chi connectivity index (χ2v) is 5.25. The summed E-state index contributed by atoms with van der Waals surface area (Å²) >= 11 is 0. The predicted octanol–water partition coefficient (Wildman–Crippen LogP) is 2.24. The van der Waals surface area contributed by atoms with Crippen LogP contribution >= 0.6 is 0 Å². The van der Waals surface area contributed by atoms with Gasteiger partial charge in [0.1, 0.15) is 5.75 Å². The van der Waals surface area contributed by atoms with Crippen LogP contribution in [0.1, 0.15) is 15.9 Å². The third kappa shape index (κ3) is 2.99. The highest BCUT2D eigenvalue weighted by atomic mass is 16.5. The molecule has 2 aromatic carbocycles. The molecule has 122 valence electrons. The van der Waals surface area contributed by atoms with Gasteiger partial charge in [-0.05, 0) is 35.9 Å². The van der Waals surface area contributed by atoms with E-state index in [9.17, 15) is 9.59 Å². The summed E-state index contributed by atoms with van der Waals surface area (Å²) in [5.74, 6) is 0.222. The Balaban J connectivity index is 1.94. The van der Waals surface area contributed by atoms with Gasteiger partial charge >= 0.3 is 5.97 Å². The fourth-order valence-corrected chi connectivity index (χ4v) is 2.44. The van der Waals surface area contributed by atoms with E-state index in [1.165, 1.54) is 18.0 Å². The highest BCUT2D eigenvalue weighted by molar-refractivity contribution is 5.89. The summed E-state index contributed by atoms with van der Waals surface area (Å²) in [5, 5.41) is 0.503. The molecule has 0 aliphatic carbocycles. The van der Waals surface area contributed by atoms with Gasteiger partial charge in [0, 0.05) is 0 Å². The average molecular weight is 324 g/mol. The summed E-state index contributed by atoms with van der Waals surface area (Å²) in [5.41, 5.74) is 1.83. The molecule has 3 aromatic rings. The Bertz CT molecular complexity index is 945. The van der Waals surface area contributed by atoms with Crippen LogP contribution in [0.4, 0.5) is 0 Å². The summed E-state index contributed by atoms with van der Waals surface area (Å²) in [4.78, 5) is 28.4. The van der Waals surface area contributed by atoms with Crippen LogP contribution in [0.25, 0.3) is 10.9 Å². The van der Waals surface area contributed by atoms with Crippen LogP contribution in [0, 0.1) is 0 Å². The van der Waals surface area contributed by atoms with Crippen molar-refractivity contribution in [1.29, 1.82) is 0 Å². The number of carbonyl (C=O) groups excluding carboxylic acids is 1. The normalized spacial score (nSPS) is 10.6. The van der Waals surface area contributed by atoms with Crippen molar-refractivity contribution in [2.24, 2.45) is 0 Å². The Morgan fingerprint density at radius 3 is 2.54 bits per heavy atom. The minimum absolute atomic E-state index is 0.143. The van der Waals surface area contributed by atoms with Gasteiger partial charge < -0.3 is 9.47 Å². The standard InChI is InChI=1S/C18H16N2O4/c1-23-14-7-8-16-15(9-14)17(21)20(11-19-16)10-12-3-5-13(6-4-12)18(22)24-2/h3-9,11H,10H2,1-2H3. The van der Waals surface area contributed by atoms with Gasteiger partial charge in [-0.2, -0.15) is 0 Å². The molecule has 0 saturated carbocycles. The number of esters is 1. The number of fused-ring (bicyclic) bond motifs is 1. The lowest BCUT2D eigenvalue weighted by Crippen LogP contribution is -2.21. The molecular formula is C18H16N2O4. The molecule has 6 nitrogen and oxygen atoms in total. The number of methoxy groups -OCH3 is 2. The fraction of sp³-hybridized carbons (Fsp3) is 0.167. The molecule has 1 aromatic heterocycles. The Kier molecular flexibility index (Phi) is 4.29. The van der Waals surface area contributed by atoms with Crippen molar-refractivity contribution in [3.05, 3.63) is 70.3 Å². The van der Waals surface area contributed by atoms with Crippen molar-refractivity contribution in [2.45, 2.75) is 6.54 Å². The molecule has 0 fully saturated rings. The molecule has 3 rings (SSSR count). The Morgan fingerprint density at radius 2 is 1.88 bits per heavy atom. The van der Waals surface area contributed by atoms with Crippen LogP contribution in [0.3, 0.4) is 0 Å². The number of ether oxygens (including phenoxy) is 2. The first-order valence-electron chi connectivity index (χ1n) is 7.33. The van der Waals surface area contributed by atoms with E-state index in [4.69, 9.17) is 4.74 Å². The van der Waals surface area contributed by atoms with Gasteiger partial charge in [-0.3, -0.25) is 9.36 Å². The smallest absolute Gasteiger partial charge is 0.337 e. The summed E-state index contributed by atoms with van der Waals surface area (Å²) in [6.45, 7) is 0.362. The van der Waals surface area contributed by atoms with Crippen LogP contribution in [0.15, 0.2) is 53.6 Å². The Labute approximate surface area is 138 Å². The van der Waals surface area contributed by atoms with Gasteiger partial charge in [0.15, 0.2) is 0 Å². The predicted molar refractivity (Wildman–Crippen MR) is 89.4 cm³/mol. The van der Waals surface area contributed by atoms with E-state index in [-0.39, 0.29) is 5.56 Å². The van der Waals surface area contributed by atoms with Crippen molar-refractivity contribution in [3.8, 4) is 5.75 Å². The zero-order valence-electron chi connectivity index (χ0n) is 13.4. The summed E-state index contributed by atoms with van der Waals surface area (Å²) < 4.78 is 11.4. The topological polar surface area (TPSA) is 70.4 Å². The minimum atomic E-state index is -0.391. The molecule has 0 unspecified atom stereocenters. The van der Waals surface area contributed by atoms with Crippen molar-refractivity contribution < 1.29 is 14.3 Å². The maximum absolute atomic E-state index is 12.6. The van der Waals surface area contributed by atoms with Gasteiger partial charge in [-0.15, -0.1) is 0 Å². The molecule has 0 atom stereocenters. The number of hydrogen-bond acceptors (Lipinski definition) is 5. The molecule has 0 radical (unpaired) electrons. The number of benzene rings is 2. The van der Waals surface area contributed by atoms with Crippen LogP contribution < -0.4 is 10.3 Å². The lowest BCUT2D eigenvalue weighted by Gasteiger charge is -2.08. The van der Waals surface area contributed by atoms with Crippen molar-refractivity contribution in [3.63, 3.8) is 0 Å². The first kappa shape index (κ1) is 15.7. The lowest BCUT2D eigenvalue weighted by molar-refractivity contribution is 0.0600. The van der Waals surface area contributed by atoms with E-state index in [0.717, 1.165) is 5.56 Å². The molecular weight excluding hydrogens is 308 g/mol. The quantitative estimate of drug-likeness (QED) is 0.688. The second-order valence-electron chi connectivity index (χ2n) is 5.25. The largest absolute Gasteiger partial charge is 0.497 e. The van der Waals surface area contributed by atoms with Crippen molar-refractivity contribution in [1.82, 2.24) is 9.55 Å². The summed E-state index contributed by atoms with van der Waals surface area (Å²) in [6, 6.07) is 12.1. The number of rotatable bonds is 4. The third-order valence-corrected chi connectivity index (χ3v) is 3.76. The number of hydrogen-bond donors (Lipinski definition) is 0. The molecule has 0 aliphatic heterocycles. The maximum Gasteiger partial charge on any atom is 0.337 e. The van der Waals surface area contributed by atoms with E-state index >= 15 is 0 Å². The molecule has 0 spiro atoms. The fourth-order valence-electron chi connectivity index (χ4n) is 2.44. The van der Waals surface area contributed by atoms with Gasteiger partial charge in [0.25, 0.3) is 5.56 Å². The zero-order chi connectivity index (χ0) is 17.1. The molecule has 1 heterocycles. The number of nitrogens with zero attached hydrogens (tertiary/aromatic N) is 2. The monoisotopic (exact) mass is 324 g/mol. The molecule has 0 saturated heterocycles. The van der Waals surface area contributed by atoms with Crippen molar-refractivity contribution in [2.75, 3.05) is 14.2 Å².